The molecule has 1 aliphatic rings. The van der Waals surface area contributed by atoms with Crippen molar-refractivity contribution in [2.45, 2.75) is 31.1 Å². The smallest absolute Gasteiger partial charge is 0.258 e. The van der Waals surface area contributed by atoms with Crippen molar-refractivity contribution in [3.05, 3.63) is 65.7 Å². The van der Waals surface area contributed by atoms with Crippen molar-refractivity contribution in [2.24, 2.45) is 0 Å². The molecule has 31 heavy (non-hydrogen) atoms. The highest BCUT2D eigenvalue weighted by molar-refractivity contribution is 7.90. The minimum absolute atomic E-state index is 0.00323. The van der Waals surface area contributed by atoms with Crippen LogP contribution in [-0.4, -0.2) is 33.0 Å². The average molecular weight is 437 g/mol. The standard InChI is InChI=1S/C24H24N2O4S/c1-3-4-14-26-21-13-12-20(18-6-5-7-19(23(18)21)24(26)28)25-22(27)15-16-8-10-17(11-9-16)31(2,29)30/h5-13H,3-4,14-15H2,1-2H3,(H,25,27). The minimum Gasteiger partial charge on any atom is -0.325 e. The van der Waals surface area contributed by atoms with Crippen molar-refractivity contribution in [3.8, 4) is 0 Å². The molecule has 0 atom stereocenters. The van der Waals surface area contributed by atoms with Crippen molar-refractivity contribution in [1.82, 2.24) is 0 Å². The maximum atomic E-state index is 12.9. The number of nitrogens with one attached hydrogen (secondary N) is 1. The number of sulfone groups is 1. The first kappa shape index (κ1) is 21.1. The summed E-state index contributed by atoms with van der Waals surface area (Å²) in [6.45, 7) is 2.77. The summed E-state index contributed by atoms with van der Waals surface area (Å²) in [6.07, 6.45) is 3.20. The molecule has 0 spiro atoms. The Kier molecular flexibility index (Phi) is 5.54. The first-order valence-electron chi connectivity index (χ1n) is 10.3. The van der Waals surface area contributed by atoms with Crippen molar-refractivity contribution in [1.29, 1.82) is 0 Å². The van der Waals surface area contributed by atoms with Crippen molar-refractivity contribution >= 4 is 43.8 Å². The molecule has 0 saturated carbocycles. The van der Waals surface area contributed by atoms with Crippen LogP contribution in [0.15, 0.2) is 59.5 Å². The van der Waals surface area contributed by atoms with Gasteiger partial charge in [0.1, 0.15) is 0 Å². The molecule has 7 heteroatoms. The van der Waals surface area contributed by atoms with E-state index < -0.39 is 9.84 Å². The van der Waals surface area contributed by atoms with Crippen LogP contribution in [0.4, 0.5) is 11.4 Å². The lowest BCUT2D eigenvalue weighted by molar-refractivity contribution is -0.115. The van der Waals surface area contributed by atoms with Gasteiger partial charge in [0.25, 0.3) is 5.91 Å². The van der Waals surface area contributed by atoms with Crippen LogP contribution in [0.25, 0.3) is 10.8 Å². The summed E-state index contributed by atoms with van der Waals surface area (Å²) < 4.78 is 23.2. The number of carbonyl (C=O) groups is 2. The highest BCUT2D eigenvalue weighted by Crippen LogP contribution is 2.40. The van der Waals surface area contributed by atoms with Gasteiger partial charge >= 0.3 is 0 Å². The Bertz CT molecular complexity index is 1280. The zero-order chi connectivity index (χ0) is 22.2. The van der Waals surface area contributed by atoms with Crippen LogP contribution in [0.3, 0.4) is 0 Å². The summed E-state index contributed by atoms with van der Waals surface area (Å²) in [5.41, 5.74) is 2.93. The van der Waals surface area contributed by atoms with Crippen molar-refractivity contribution < 1.29 is 18.0 Å². The predicted molar refractivity (Wildman–Crippen MR) is 122 cm³/mol. The number of anilines is 2. The third-order valence-electron chi connectivity index (χ3n) is 5.51. The quantitative estimate of drug-likeness (QED) is 0.602. The number of benzene rings is 3. The van der Waals surface area contributed by atoms with E-state index in [0.717, 1.165) is 41.1 Å². The highest BCUT2D eigenvalue weighted by atomic mass is 32.2. The van der Waals surface area contributed by atoms with Gasteiger partial charge in [0.2, 0.25) is 5.91 Å². The summed E-state index contributed by atoms with van der Waals surface area (Å²) in [6, 6.07) is 15.6. The third-order valence-corrected chi connectivity index (χ3v) is 6.64. The first-order valence-corrected chi connectivity index (χ1v) is 12.1. The zero-order valence-corrected chi connectivity index (χ0v) is 18.3. The molecule has 0 unspecified atom stereocenters. The maximum Gasteiger partial charge on any atom is 0.258 e. The van der Waals surface area contributed by atoms with Crippen LogP contribution in [0.5, 0.6) is 0 Å². The van der Waals surface area contributed by atoms with Crippen LogP contribution in [0.1, 0.15) is 35.7 Å². The van der Waals surface area contributed by atoms with Gasteiger partial charge in [0, 0.05) is 34.8 Å². The second kappa shape index (κ2) is 8.15. The van der Waals surface area contributed by atoms with Gasteiger partial charge in [0.05, 0.1) is 17.0 Å². The number of rotatable bonds is 7. The molecule has 1 aliphatic heterocycles. The number of hydrogen-bond donors (Lipinski definition) is 1. The fourth-order valence-corrected chi connectivity index (χ4v) is 4.56. The fourth-order valence-electron chi connectivity index (χ4n) is 3.93. The summed E-state index contributed by atoms with van der Waals surface area (Å²) in [4.78, 5) is 27.5. The third kappa shape index (κ3) is 4.05. The molecule has 0 aromatic heterocycles. The Morgan fingerprint density at radius 3 is 2.45 bits per heavy atom. The molecule has 1 heterocycles. The zero-order valence-electron chi connectivity index (χ0n) is 17.5. The lowest BCUT2D eigenvalue weighted by Gasteiger charge is -2.17. The van der Waals surface area contributed by atoms with Crippen molar-refractivity contribution in [2.75, 3.05) is 23.0 Å². The number of nitrogens with zero attached hydrogens (tertiary/aromatic N) is 1. The topological polar surface area (TPSA) is 83.6 Å². The number of hydrogen-bond acceptors (Lipinski definition) is 4. The summed E-state index contributed by atoms with van der Waals surface area (Å²) in [5, 5.41) is 4.66. The van der Waals surface area contributed by atoms with Gasteiger partial charge in [-0.2, -0.15) is 0 Å². The van der Waals surface area contributed by atoms with E-state index in [1.807, 2.05) is 35.2 Å². The molecular formula is C24H24N2O4S. The van der Waals surface area contributed by atoms with E-state index in [2.05, 4.69) is 12.2 Å². The van der Waals surface area contributed by atoms with Crippen LogP contribution in [-0.2, 0) is 21.1 Å². The van der Waals surface area contributed by atoms with Gasteiger partial charge in [0.15, 0.2) is 9.84 Å². The van der Waals surface area contributed by atoms with Crippen LogP contribution in [0, 0.1) is 0 Å². The summed E-state index contributed by atoms with van der Waals surface area (Å²) in [5.74, 6) is -0.205. The van der Waals surface area contributed by atoms with E-state index in [1.165, 1.54) is 12.1 Å². The number of unbranched alkanes of at least 4 members (excludes halogenated alkanes) is 1. The Hall–Kier alpha value is -3.19. The second-order valence-electron chi connectivity index (χ2n) is 7.81. The summed E-state index contributed by atoms with van der Waals surface area (Å²) >= 11 is 0. The number of amides is 2. The van der Waals surface area contributed by atoms with Gasteiger partial charge in [-0.3, -0.25) is 9.59 Å². The van der Waals surface area contributed by atoms with Crippen LogP contribution in [0.2, 0.25) is 0 Å². The SMILES string of the molecule is CCCCN1C(=O)c2cccc3c(NC(=O)Cc4ccc(S(C)(=O)=O)cc4)ccc1c23. The van der Waals surface area contributed by atoms with Crippen LogP contribution >= 0.6 is 0 Å². The van der Waals surface area contributed by atoms with E-state index >= 15 is 0 Å². The molecule has 3 aromatic carbocycles. The minimum atomic E-state index is -3.27. The molecule has 0 bridgehead atoms. The van der Waals surface area contributed by atoms with E-state index in [9.17, 15) is 18.0 Å². The molecule has 2 amide bonds. The monoisotopic (exact) mass is 436 g/mol. The molecular weight excluding hydrogens is 412 g/mol. The molecule has 0 saturated heterocycles. The van der Waals surface area contributed by atoms with Gasteiger partial charge in [-0.1, -0.05) is 37.6 Å². The molecule has 3 aromatic rings. The fraction of sp³-hybridized carbons (Fsp3) is 0.250. The largest absolute Gasteiger partial charge is 0.325 e. The van der Waals surface area contributed by atoms with Gasteiger partial charge in [-0.15, -0.1) is 0 Å². The molecule has 160 valence electrons. The normalized spacial score (nSPS) is 13.1. The molecule has 6 nitrogen and oxygen atoms in total. The molecule has 0 fully saturated rings. The van der Waals surface area contributed by atoms with E-state index in [4.69, 9.17) is 0 Å². The lowest BCUT2D eigenvalue weighted by Crippen LogP contribution is -2.27. The lowest BCUT2D eigenvalue weighted by atomic mass is 10.0. The average Bonchev–Trinajstić information content (AvgIpc) is 3.01. The van der Waals surface area contributed by atoms with Crippen molar-refractivity contribution in [3.63, 3.8) is 0 Å². The Labute approximate surface area is 181 Å². The Morgan fingerprint density at radius 1 is 1.03 bits per heavy atom. The first-order chi connectivity index (χ1) is 14.8. The van der Waals surface area contributed by atoms with E-state index in [1.54, 1.807) is 12.1 Å². The molecule has 0 aliphatic carbocycles. The highest BCUT2D eigenvalue weighted by Gasteiger charge is 2.30. The van der Waals surface area contributed by atoms with Gasteiger partial charge in [-0.25, -0.2) is 8.42 Å². The molecule has 4 rings (SSSR count). The maximum absolute atomic E-state index is 12.9. The summed E-state index contributed by atoms with van der Waals surface area (Å²) in [7, 11) is -3.27. The predicted octanol–water partition coefficient (Wildman–Crippen LogP) is 4.18. The molecule has 1 N–H and O–H groups in total. The van der Waals surface area contributed by atoms with E-state index in [-0.39, 0.29) is 23.1 Å². The van der Waals surface area contributed by atoms with Crippen LogP contribution < -0.4 is 10.2 Å². The number of carbonyl (C=O) groups excluding carboxylic acids is 2. The van der Waals surface area contributed by atoms with E-state index in [0.29, 0.717) is 17.8 Å². The Balaban J connectivity index is 1.58. The molecule has 0 radical (unpaired) electrons. The Morgan fingerprint density at radius 2 is 1.77 bits per heavy atom. The second-order valence-corrected chi connectivity index (χ2v) is 9.83. The van der Waals surface area contributed by atoms with Gasteiger partial charge < -0.3 is 10.2 Å². The van der Waals surface area contributed by atoms with Gasteiger partial charge in [-0.05, 0) is 42.3 Å².